The fourth-order valence-electron chi connectivity index (χ4n) is 1.99. The molecule has 0 saturated carbocycles. The number of rotatable bonds is 7. The Morgan fingerprint density at radius 3 is 2.75 bits per heavy atom. The van der Waals surface area contributed by atoms with Gasteiger partial charge in [-0.15, -0.1) is 0 Å². The van der Waals surface area contributed by atoms with Crippen molar-refractivity contribution in [3.8, 4) is 0 Å². The molecule has 7 nitrogen and oxygen atoms in total. The molecule has 24 heavy (non-hydrogen) atoms. The summed E-state index contributed by atoms with van der Waals surface area (Å²) in [5.74, 6) is -3.01. The van der Waals surface area contributed by atoms with E-state index in [-0.39, 0.29) is 15.6 Å². The Kier molecular flexibility index (Phi) is 5.93. The summed E-state index contributed by atoms with van der Waals surface area (Å²) in [6, 6.07) is 1.98. The van der Waals surface area contributed by atoms with Gasteiger partial charge in [0.05, 0.1) is 23.2 Å². The van der Waals surface area contributed by atoms with Crippen molar-refractivity contribution >= 4 is 52.2 Å². The van der Waals surface area contributed by atoms with Gasteiger partial charge in [-0.3, -0.25) is 9.69 Å². The van der Waals surface area contributed by atoms with E-state index in [9.17, 15) is 24.6 Å². The molecule has 1 atom stereocenters. The van der Waals surface area contributed by atoms with Crippen molar-refractivity contribution in [3.63, 3.8) is 0 Å². The number of allylic oxidation sites excluding steroid dienone is 2. The summed E-state index contributed by atoms with van der Waals surface area (Å²) in [4.78, 5) is 35.2. The number of aliphatic carboxylic acids is 2. The van der Waals surface area contributed by atoms with Crippen molar-refractivity contribution in [3.05, 3.63) is 41.2 Å². The highest BCUT2D eigenvalue weighted by atomic mass is 32.2. The molecule has 0 N–H and O–H groups in total. The van der Waals surface area contributed by atoms with E-state index >= 15 is 0 Å². The van der Waals surface area contributed by atoms with Gasteiger partial charge in [-0.05, 0) is 37.1 Å². The van der Waals surface area contributed by atoms with Crippen LogP contribution in [0.25, 0.3) is 6.08 Å². The van der Waals surface area contributed by atoms with E-state index in [1.807, 2.05) is 0 Å². The second-order valence-electron chi connectivity index (χ2n) is 4.69. The first-order valence-corrected chi connectivity index (χ1v) is 8.00. The van der Waals surface area contributed by atoms with Crippen LogP contribution in [0.1, 0.15) is 18.6 Å². The molecular weight excluding hydrogens is 354 g/mol. The molecule has 2 rings (SSSR count). The fraction of sp³-hybridized carbons (Fsp3) is 0.200. The van der Waals surface area contributed by atoms with E-state index in [1.165, 1.54) is 12.3 Å². The molecule has 1 aliphatic heterocycles. The van der Waals surface area contributed by atoms with Gasteiger partial charge in [0.2, 0.25) is 0 Å². The maximum Gasteiger partial charge on any atom is 0.266 e. The Morgan fingerprint density at radius 1 is 1.42 bits per heavy atom. The quantitative estimate of drug-likeness (QED) is 0.477. The maximum atomic E-state index is 12.3. The monoisotopic (exact) mass is 365 g/mol. The van der Waals surface area contributed by atoms with E-state index in [0.717, 1.165) is 16.7 Å². The van der Waals surface area contributed by atoms with E-state index in [4.69, 9.17) is 16.6 Å². The minimum Gasteiger partial charge on any atom is -0.550 e. The van der Waals surface area contributed by atoms with Crippen LogP contribution in [0, 0.1) is 0 Å². The normalized spacial score (nSPS) is 17.8. The highest BCUT2D eigenvalue weighted by Gasteiger charge is 2.37. The number of carbonyl (C=O) groups excluding carboxylic acids is 3. The average Bonchev–Trinajstić information content (AvgIpc) is 3.10. The SMILES string of the molecule is O=C([O-])CC[C@H](C(=O)[O-])N1C(=O)/C(=C/C=C/c2ccco2)SC1=S. The lowest BCUT2D eigenvalue weighted by Crippen LogP contribution is -2.50. The van der Waals surface area contributed by atoms with Gasteiger partial charge >= 0.3 is 0 Å². The van der Waals surface area contributed by atoms with Crippen molar-refractivity contribution < 1.29 is 29.0 Å². The number of thioether (sulfide) groups is 1. The van der Waals surface area contributed by atoms with Crippen LogP contribution in [0.3, 0.4) is 0 Å². The molecule has 0 radical (unpaired) electrons. The van der Waals surface area contributed by atoms with Crippen molar-refractivity contribution in [2.75, 3.05) is 0 Å². The maximum absolute atomic E-state index is 12.3. The minimum absolute atomic E-state index is 0.0326. The third kappa shape index (κ3) is 4.33. The molecule has 1 saturated heterocycles. The summed E-state index contributed by atoms with van der Waals surface area (Å²) in [6.07, 6.45) is 5.31. The Morgan fingerprint density at radius 2 is 2.17 bits per heavy atom. The molecular formula is C15H11NO6S2-2. The number of hydrogen-bond acceptors (Lipinski definition) is 8. The zero-order valence-electron chi connectivity index (χ0n) is 12.2. The Balaban J connectivity index is 2.14. The molecule has 2 heterocycles. The highest BCUT2D eigenvalue weighted by molar-refractivity contribution is 8.26. The molecule has 0 aromatic carbocycles. The minimum atomic E-state index is -1.57. The molecule has 0 spiro atoms. The summed E-state index contributed by atoms with van der Waals surface area (Å²) < 4.78 is 5.13. The molecule has 1 aromatic heterocycles. The first-order chi connectivity index (χ1) is 11.4. The van der Waals surface area contributed by atoms with E-state index < -0.39 is 30.3 Å². The van der Waals surface area contributed by atoms with Gasteiger partial charge in [0.15, 0.2) is 0 Å². The number of hydrogen-bond donors (Lipinski definition) is 0. The summed E-state index contributed by atoms with van der Waals surface area (Å²) in [5, 5.41) is 21.8. The van der Waals surface area contributed by atoms with Crippen LogP contribution >= 0.6 is 24.0 Å². The topological polar surface area (TPSA) is 114 Å². The standard InChI is InChI=1S/C15H13NO6S2/c17-12(18)7-6-10(14(20)21)16-13(19)11(24-15(16)23)5-1-3-9-4-2-8-22-9/h1-5,8,10H,6-7H2,(H,17,18)(H,20,21)/p-2/b3-1+,11-5-/t10-/m1/s1. The van der Waals surface area contributed by atoms with Crippen LogP contribution in [0.2, 0.25) is 0 Å². The van der Waals surface area contributed by atoms with E-state index in [2.05, 4.69) is 0 Å². The second-order valence-corrected chi connectivity index (χ2v) is 6.37. The Labute approximate surface area is 146 Å². The third-order valence-electron chi connectivity index (χ3n) is 3.08. The van der Waals surface area contributed by atoms with Crippen LogP contribution < -0.4 is 10.2 Å². The lowest BCUT2D eigenvalue weighted by molar-refractivity contribution is -0.311. The second kappa shape index (κ2) is 7.93. The molecule has 0 unspecified atom stereocenters. The zero-order valence-corrected chi connectivity index (χ0v) is 13.8. The number of nitrogens with zero attached hydrogens (tertiary/aromatic N) is 1. The first-order valence-electron chi connectivity index (χ1n) is 6.78. The van der Waals surface area contributed by atoms with Crippen LogP contribution in [-0.4, -0.2) is 33.1 Å². The predicted molar refractivity (Wildman–Crippen MR) is 85.9 cm³/mol. The summed E-state index contributed by atoms with van der Waals surface area (Å²) in [6.45, 7) is 0. The Hall–Kier alpha value is -2.39. The smallest absolute Gasteiger partial charge is 0.266 e. The lowest BCUT2D eigenvalue weighted by atomic mass is 10.1. The van der Waals surface area contributed by atoms with Gasteiger partial charge in [0.1, 0.15) is 10.1 Å². The fourth-order valence-corrected chi connectivity index (χ4v) is 3.29. The molecule has 1 amide bonds. The summed E-state index contributed by atoms with van der Waals surface area (Å²) in [5.41, 5.74) is 0. The van der Waals surface area contributed by atoms with E-state index in [1.54, 1.807) is 24.3 Å². The molecule has 126 valence electrons. The molecule has 1 aliphatic rings. The average molecular weight is 365 g/mol. The van der Waals surface area contributed by atoms with Gasteiger partial charge in [-0.1, -0.05) is 30.1 Å². The van der Waals surface area contributed by atoms with Crippen LogP contribution in [0.4, 0.5) is 0 Å². The molecule has 0 aliphatic carbocycles. The van der Waals surface area contributed by atoms with Crippen molar-refractivity contribution in [2.45, 2.75) is 18.9 Å². The lowest BCUT2D eigenvalue weighted by Gasteiger charge is -2.27. The highest BCUT2D eigenvalue weighted by Crippen LogP contribution is 2.33. The number of carboxylic acids is 2. The number of amides is 1. The molecule has 0 bridgehead atoms. The van der Waals surface area contributed by atoms with Gasteiger partial charge in [-0.2, -0.15) is 0 Å². The van der Waals surface area contributed by atoms with Crippen LogP contribution in [-0.2, 0) is 14.4 Å². The van der Waals surface area contributed by atoms with Crippen molar-refractivity contribution in [1.82, 2.24) is 4.90 Å². The van der Waals surface area contributed by atoms with Gasteiger partial charge in [0, 0.05) is 5.97 Å². The van der Waals surface area contributed by atoms with E-state index in [0.29, 0.717) is 5.76 Å². The molecule has 9 heteroatoms. The Bertz CT molecular complexity index is 722. The number of furan rings is 1. The van der Waals surface area contributed by atoms with Gasteiger partial charge < -0.3 is 24.2 Å². The van der Waals surface area contributed by atoms with Crippen LogP contribution in [0.5, 0.6) is 0 Å². The van der Waals surface area contributed by atoms with Gasteiger partial charge in [-0.25, -0.2) is 0 Å². The zero-order chi connectivity index (χ0) is 17.7. The van der Waals surface area contributed by atoms with Gasteiger partial charge in [0.25, 0.3) is 5.91 Å². The molecule has 1 aromatic rings. The number of carboxylic acid groups (broad SMARTS) is 2. The van der Waals surface area contributed by atoms with Crippen LogP contribution in [0.15, 0.2) is 39.9 Å². The number of thiocarbonyl (C=S) groups is 1. The van der Waals surface area contributed by atoms with Crippen molar-refractivity contribution in [2.24, 2.45) is 0 Å². The van der Waals surface area contributed by atoms with Crippen molar-refractivity contribution in [1.29, 1.82) is 0 Å². The number of carbonyl (C=O) groups is 3. The third-order valence-corrected chi connectivity index (χ3v) is 4.43. The summed E-state index contributed by atoms with van der Waals surface area (Å²) >= 11 is 5.96. The molecule has 1 fully saturated rings. The summed E-state index contributed by atoms with van der Waals surface area (Å²) in [7, 11) is 0. The first kappa shape index (κ1) is 18.0. The largest absolute Gasteiger partial charge is 0.550 e. The predicted octanol–water partition coefficient (Wildman–Crippen LogP) is -0.314.